The Hall–Kier alpha value is -3.93. The molecular weight excluding hydrogens is 374 g/mol. The third-order valence-corrected chi connectivity index (χ3v) is 4.76. The molecule has 30 heavy (non-hydrogen) atoms. The lowest BCUT2D eigenvalue weighted by molar-refractivity contribution is 0.0947. The molecule has 0 radical (unpaired) electrons. The number of nitrogens with one attached hydrogen (secondary N) is 1. The van der Waals surface area contributed by atoms with E-state index in [2.05, 4.69) is 32.4 Å². The largest absolute Gasteiger partial charge is 0.377 e. The molecule has 4 rings (SSSR count). The van der Waals surface area contributed by atoms with Gasteiger partial charge in [-0.25, -0.2) is 0 Å². The number of para-hydroxylation sites is 1. The first kappa shape index (κ1) is 19.4. The van der Waals surface area contributed by atoms with Crippen LogP contribution >= 0.6 is 0 Å². The second-order valence-corrected chi connectivity index (χ2v) is 7.08. The zero-order valence-corrected chi connectivity index (χ0v) is 17.0. The Morgan fingerprint density at radius 3 is 2.23 bits per heavy atom. The minimum absolute atomic E-state index is 0.228. The van der Waals surface area contributed by atoms with Crippen molar-refractivity contribution in [2.75, 3.05) is 24.3 Å². The summed E-state index contributed by atoms with van der Waals surface area (Å²) < 4.78 is 1.34. The van der Waals surface area contributed by atoms with Crippen LogP contribution in [0.1, 0.15) is 15.9 Å². The Kier molecular flexibility index (Phi) is 5.57. The predicted molar refractivity (Wildman–Crippen MR) is 120 cm³/mol. The van der Waals surface area contributed by atoms with Gasteiger partial charge in [-0.15, -0.1) is 5.10 Å². The summed E-state index contributed by atoms with van der Waals surface area (Å²) in [4.78, 5) is 19.8. The number of aromatic nitrogens is 3. The van der Waals surface area contributed by atoms with Gasteiger partial charge in [-0.2, -0.15) is 9.67 Å². The fourth-order valence-corrected chi connectivity index (χ4v) is 3.25. The highest BCUT2D eigenvalue weighted by atomic mass is 16.2. The molecule has 0 aliphatic heterocycles. The van der Waals surface area contributed by atoms with E-state index in [1.165, 1.54) is 4.68 Å². The molecule has 0 spiro atoms. The molecule has 0 unspecified atom stereocenters. The molecule has 1 aromatic heterocycles. The maximum absolute atomic E-state index is 13.1. The highest BCUT2D eigenvalue weighted by molar-refractivity contribution is 5.97. The van der Waals surface area contributed by atoms with Crippen LogP contribution in [0.4, 0.5) is 11.6 Å². The molecule has 3 aromatic carbocycles. The second-order valence-electron chi connectivity index (χ2n) is 7.08. The van der Waals surface area contributed by atoms with Crippen LogP contribution in [0.15, 0.2) is 84.9 Å². The average Bonchev–Trinajstić information content (AvgIpc) is 3.23. The van der Waals surface area contributed by atoms with Crippen molar-refractivity contribution in [2.24, 2.45) is 0 Å². The van der Waals surface area contributed by atoms with E-state index in [0.29, 0.717) is 23.9 Å². The summed E-state index contributed by atoms with van der Waals surface area (Å²) >= 11 is 0. The molecule has 6 nitrogen and oxygen atoms in total. The molecule has 1 N–H and O–H groups in total. The molecule has 4 aromatic rings. The first-order valence-electron chi connectivity index (χ1n) is 9.75. The van der Waals surface area contributed by atoms with Crippen molar-refractivity contribution >= 4 is 17.5 Å². The van der Waals surface area contributed by atoms with E-state index in [9.17, 15) is 4.79 Å². The van der Waals surface area contributed by atoms with E-state index in [4.69, 9.17) is 0 Å². The van der Waals surface area contributed by atoms with E-state index in [1.54, 1.807) is 12.1 Å². The van der Waals surface area contributed by atoms with E-state index in [0.717, 1.165) is 16.8 Å². The normalized spacial score (nSPS) is 10.6. The molecule has 0 bridgehead atoms. The van der Waals surface area contributed by atoms with Crippen molar-refractivity contribution in [3.05, 3.63) is 96.1 Å². The topological polar surface area (TPSA) is 63.0 Å². The number of hydrogen-bond acceptors (Lipinski definition) is 5. The number of carbonyl (C=O) groups is 1. The van der Waals surface area contributed by atoms with Crippen LogP contribution < -0.4 is 10.2 Å². The first-order valence-corrected chi connectivity index (χ1v) is 9.75. The van der Waals surface area contributed by atoms with E-state index in [1.807, 2.05) is 74.8 Å². The molecule has 0 saturated heterocycles. The number of rotatable bonds is 6. The number of benzene rings is 3. The Balaban J connectivity index is 1.69. The van der Waals surface area contributed by atoms with Crippen LogP contribution in [-0.4, -0.2) is 34.8 Å². The van der Waals surface area contributed by atoms with Crippen molar-refractivity contribution in [3.8, 4) is 11.4 Å². The third kappa shape index (κ3) is 4.07. The van der Waals surface area contributed by atoms with Crippen LogP contribution in [0, 0.1) is 0 Å². The molecule has 150 valence electrons. The summed E-state index contributed by atoms with van der Waals surface area (Å²) in [6.07, 6.45) is 0. The van der Waals surface area contributed by atoms with E-state index in [-0.39, 0.29) is 5.91 Å². The van der Waals surface area contributed by atoms with Crippen molar-refractivity contribution in [1.82, 2.24) is 14.8 Å². The molecule has 0 aliphatic rings. The van der Waals surface area contributed by atoms with Gasteiger partial charge in [0, 0.05) is 37.5 Å². The van der Waals surface area contributed by atoms with Crippen molar-refractivity contribution < 1.29 is 4.79 Å². The minimum atomic E-state index is -0.228. The molecule has 6 heteroatoms. The third-order valence-electron chi connectivity index (χ3n) is 4.76. The fourth-order valence-electron chi connectivity index (χ4n) is 3.25. The average molecular weight is 397 g/mol. The van der Waals surface area contributed by atoms with Gasteiger partial charge in [-0.1, -0.05) is 66.7 Å². The lowest BCUT2D eigenvalue weighted by Crippen LogP contribution is -2.18. The summed E-state index contributed by atoms with van der Waals surface area (Å²) in [6, 6.07) is 26.9. The van der Waals surface area contributed by atoms with Gasteiger partial charge < -0.3 is 10.2 Å². The number of nitrogens with zero attached hydrogens (tertiary/aromatic N) is 4. The first-order chi connectivity index (χ1) is 14.6. The van der Waals surface area contributed by atoms with Gasteiger partial charge in [-0.05, 0) is 23.8 Å². The van der Waals surface area contributed by atoms with Gasteiger partial charge in [0.2, 0.25) is 5.95 Å². The van der Waals surface area contributed by atoms with Gasteiger partial charge in [0.1, 0.15) is 0 Å². The Labute approximate surface area is 175 Å². The lowest BCUT2D eigenvalue weighted by Gasteiger charge is -2.17. The second kappa shape index (κ2) is 8.61. The Morgan fingerprint density at radius 1 is 0.900 bits per heavy atom. The van der Waals surface area contributed by atoms with Crippen molar-refractivity contribution in [3.63, 3.8) is 0 Å². The minimum Gasteiger partial charge on any atom is -0.377 e. The summed E-state index contributed by atoms with van der Waals surface area (Å²) in [7, 11) is 4.02. The molecular formula is C24H23N5O. The Bertz CT molecular complexity index is 1140. The van der Waals surface area contributed by atoms with Gasteiger partial charge in [0.05, 0.1) is 0 Å². The quantitative estimate of drug-likeness (QED) is 0.525. The van der Waals surface area contributed by atoms with E-state index < -0.39 is 0 Å². The standard InChI is InChI=1S/C24H23N5O/c1-28(2)21-16-10-9-15-20(21)17-25-24-26-22(18-11-5-3-6-12-18)27-29(24)23(30)19-13-7-4-8-14-19/h3-16H,17H2,1-2H3,(H,25,26,27). The summed E-state index contributed by atoms with van der Waals surface area (Å²) in [5.74, 6) is 0.688. The van der Waals surface area contributed by atoms with Gasteiger partial charge in [-0.3, -0.25) is 4.79 Å². The van der Waals surface area contributed by atoms with E-state index >= 15 is 0 Å². The molecule has 0 fully saturated rings. The monoisotopic (exact) mass is 397 g/mol. The van der Waals surface area contributed by atoms with Crippen molar-refractivity contribution in [2.45, 2.75) is 6.54 Å². The number of carbonyl (C=O) groups excluding carboxylic acids is 1. The molecule has 0 aliphatic carbocycles. The smallest absolute Gasteiger partial charge is 0.281 e. The number of hydrogen-bond donors (Lipinski definition) is 1. The summed E-state index contributed by atoms with van der Waals surface area (Å²) in [5.41, 5.74) is 3.62. The SMILES string of the molecule is CN(C)c1ccccc1CNc1nc(-c2ccccc2)nn1C(=O)c1ccccc1. The van der Waals surface area contributed by atoms with Crippen molar-refractivity contribution in [1.29, 1.82) is 0 Å². The highest BCUT2D eigenvalue weighted by Crippen LogP contribution is 2.22. The van der Waals surface area contributed by atoms with Crippen LogP contribution in [0.3, 0.4) is 0 Å². The Morgan fingerprint density at radius 2 is 1.53 bits per heavy atom. The van der Waals surface area contributed by atoms with Crippen LogP contribution in [0.5, 0.6) is 0 Å². The summed E-state index contributed by atoms with van der Waals surface area (Å²) in [5, 5.41) is 7.82. The zero-order valence-electron chi connectivity index (χ0n) is 17.0. The molecule has 0 amide bonds. The van der Waals surface area contributed by atoms with Crippen LogP contribution in [-0.2, 0) is 6.54 Å². The molecule has 0 atom stereocenters. The van der Waals surface area contributed by atoms with Gasteiger partial charge in [0.15, 0.2) is 5.82 Å². The zero-order chi connectivity index (χ0) is 20.9. The lowest BCUT2D eigenvalue weighted by atomic mass is 10.1. The van der Waals surface area contributed by atoms with Gasteiger partial charge >= 0.3 is 0 Å². The fraction of sp³-hybridized carbons (Fsp3) is 0.125. The molecule has 1 heterocycles. The van der Waals surface area contributed by atoms with Gasteiger partial charge in [0.25, 0.3) is 5.91 Å². The van der Waals surface area contributed by atoms with Crippen LogP contribution in [0.2, 0.25) is 0 Å². The molecule has 0 saturated carbocycles. The van der Waals surface area contributed by atoms with Crippen LogP contribution in [0.25, 0.3) is 11.4 Å². The maximum atomic E-state index is 13.1. The predicted octanol–water partition coefficient (Wildman–Crippen LogP) is 4.31. The number of anilines is 2. The summed E-state index contributed by atoms with van der Waals surface area (Å²) in [6.45, 7) is 0.517. The maximum Gasteiger partial charge on any atom is 0.281 e. The highest BCUT2D eigenvalue weighted by Gasteiger charge is 2.19.